The quantitative estimate of drug-likeness (QED) is 0.502. The van der Waals surface area contributed by atoms with Gasteiger partial charge in [-0.3, -0.25) is 15.5 Å². The van der Waals surface area contributed by atoms with Crippen molar-refractivity contribution in [3.8, 4) is 0 Å². The predicted molar refractivity (Wildman–Crippen MR) is 88.2 cm³/mol. The highest BCUT2D eigenvalue weighted by Crippen LogP contribution is 2.04. The van der Waals surface area contributed by atoms with E-state index in [-0.39, 0.29) is 10.7 Å². The Kier molecular flexibility index (Phi) is 5.59. The molecule has 0 spiro atoms. The fourth-order valence-electron chi connectivity index (χ4n) is 1.61. The van der Waals surface area contributed by atoms with E-state index in [1.54, 1.807) is 24.3 Å². The molecule has 0 unspecified atom stereocenters. The molecule has 4 N–H and O–H groups in total. The highest BCUT2D eigenvalue weighted by Gasteiger charge is 2.08. The average molecular weight is 332 g/mol. The fraction of sp³-hybridized carbons (Fsp3) is 0. The molecule has 2 aromatic rings. The first-order chi connectivity index (χ1) is 11.0. The van der Waals surface area contributed by atoms with Gasteiger partial charge in [0.1, 0.15) is 5.82 Å². The van der Waals surface area contributed by atoms with E-state index in [0.29, 0.717) is 5.69 Å². The topological polar surface area (TPSA) is 82.3 Å². The fourth-order valence-corrected chi connectivity index (χ4v) is 1.75. The van der Waals surface area contributed by atoms with Crippen LogP contribution in [0.2, 0.25) is 0 Å². The molecule has 118 valence electrons. The molecule has 0 aliphatic rings. The molecule has 0 saturated heterocycles. The summed E-state index contributed by atoms with van der Waals surface area (Å²) in [6.07, 6.45) is 0. The second-order valence-corrected chi connectivity index (χ2v) is 4.77. The van der Waals surface area contributed by atoms with E-state index in [0.717, 1.165) is 12.1 Å². The van der Waals surface area contributed by atoms with Crippen LogP contribution in [0.5, 0.6) is 0 Å². The summed E-state index contributed by atoms with van der Waals surface area (Å²) in [4.78, 5) is 23.4. The van der Waals surface area contributed by atoms with Gasteiger partial charge in [-0.15, -0.1) is 0 Å². The molecule has 0 fully saturated rings. The maximum Gasteiger partial charge on any atom is 0.337 e. The molecule has 23 heavy (non-hydrogen) atoms. The van der Waals surface area contributed by atoms with Gasteiger partial charge in [0.25, 0.3) is 5.91 Å². The van der Waals surface area contributed by atoms with Crippen LogP contribution >= 0.6 is 12.2 Å². The largest absolute Gasteiger partial charge is 0.337 e. The lowest BCUT2D eigenvalue weighted by molar-refractivity contribution is 0.0976. The molecule has 2 rings (SSSR count). The predicted octanol–water partition coefficient (Wildman–Crippen LogP) is 2.17. The lowest BCUT2D eigenvalue weighted by Gasteiger charge is -2.11. The van der Waals surface area contributed by atoms with Crippen LogP contribution in [0.15, 0.2) is 54.6 Å². The van der Waals surface area contributed by atoms with E-state index in [2.05, 4.69) is 21.5 Å². The van der Waals surface area contributed by atoms with Crippen molar-refractivity contribution in [2.24, 2.45) is 0 Å². The lowest BCUT2D eigenvalue weighted by atomic mass is 10.2. The minimum atomic E-state index is -0.547. The number of benzene rings is 2. The van der Waals surface area contributed by atoms with Gasteiger partial charge in [0.15, 0.2) is 5.11 Å². The zero-order chi connectivity index (χ0) is 16.7. The smallest absolute Gasteiger partial charge is 0.307 e. The van der Waals surface area contributed by atoms with Crippen molar-refractivity contribution in [1.29, 1.82) is 0 Å². The van der Waals surface area contributed by atoms with E-state index in [1.807, 2.05) is 6.07 Å². The van der Waals surface area contributed by atoms with Crippen molar-refractivity contribution in [3.05, 3.63) is 66.0 Å². The minimum absolute atomic E-state index is 0.0949. The van der Waals surface area contributed by atoms with Gasteiger partial charge in [-0.25, -0.2) is 14.6 Å². The Hall–Kier alpha value is -3.00. The number of thiocarbonyl (C=S) groups is 1. The molecule has 0 saturated carbocycles. The van der Waals surface area contributed by atoms with Gasteiger partial charge in [0.2, 0.25) is 0 Å². The number of carbonyl (C=O) groups is 2. The van der Waals surface area contributed by atoms with Gasteiger partial charge in [-0.05, 0) is 48.6 Å². The van der Waals surface area contributed by atoms with E-state index < -0.39 is 17.8 Å². The Morgan fingerprint density at radius 3 is 2.22 bits per heavy atom. The van der Waals surface area contributed by atoms with Crippen molar-refractivity contribution in [2.75, 3.05) is 5.32 Å². The van der Waals surface area contributed by atoms with Gasteiger partial charge in [-0.1, -0.05) is 18.2 Å². The Morgan fingerprint density at radius 2 is 1.57 bits per heavy atom. The van der Waals surface area contributed by atoms with Crippen LogP contribution in [-0.2, 0) is 0 Å². The maximum atomic E-state index is 12.8. The van der Waals surface area contributed by atoms with Crippen LogP contribution in [0, 0.1) is 5.82 Å². The molecule has 2 aromatic carbocycles. The second-order valence-electron chi connectivity index (χ2n) is 4.36. The van der Waals surface area contributed by atoms with Gasteiger partial charge in [0, 0.05) is 11.3 Å². The molecule has 0 radical (unpaired) electrons. The van der Waals surface area contributed by atoms with Crippen molar-refractivity contribution in [1.82, 2.24) is 16.2 Å². The first-order valence-electron chi connectivity index (χ1n) is 6.53. The standard InChI is InChI=1S/C15H13FN4O2S/c16-11-8-6-10(7-9-11)13(21)18-15(23)20-19-14(22)17-12-4-2-1-3-5-12/h1-9H,(H2,17,19,22)(H2,18,20,21,23). The summed E-state index contributed by atoms with van der Waals surface area (Å²) in [5, 5.41) is 4.82. The molecule has 6 nitrogen and oxygen atoms in total. The van der Waals surface area contributed by atoms with Crippen molar-refractivity contribution in [2.45, 2.75) is 0 Å². The second kappa shape index (κ2) is 7.85. The zero-order valence-corrected chi connectivity index (χ0v) is 12.6. The van der Waals surface area contributed by atoms with E-state index in [4.69, 9.17) is 12.2 Å². The number of halogens is 1. The molecular weight excluding hydrogens is 319 g/mol. The normalized spacial score (nSPS) is 9.61. The number of anilines is 1. The Labute approximate surface area is 137 Å². The number of hydrazine groups is 1. The molecule has 0 heterocycles. The SMILES string of the molecule is O=C(NNC(=S)NC(=O)c1ccc(F)cc1)Nc1ccccc1. The van der Waals surface area contributed by atoms with Crippen LogP contribution in [0.25, 0.3) is 0 Å². The summed E-state index contributed by atoms with van der Waals surface area (Å²) in [6, 6.07) is 13.2. The third kappa shape index (κ3) is 5.36. The number of carbonyl (C=O) groups excluding carboxylic acids is 2. The molecule has 0 atom stereocenters. The highest BCUT2D eigenvalue weighted by atomic mass is 32.1. The summed E-state index contributed by atoms with van der Waals surface area (Å²) in [6.45, 7) is 0. The molecule has 0 aliphatic carbocycles. The molecular formula is C15H13FN4O2S. The van der Waals surface area contributed by atoms with Crippen LogP contribution in [-0.4, -0.2) is 17.1 Å². The molecule has 8 heteroatoms. The molecule has 0 bridgehead atoms. The van der Waals surface area contributed by atoms with Crippen molar-refractivity contribution < 1.29 is 14.0 Å². The molecule has 0 aromatic heterocycles. The highest BCUT2D eigenvalue weighted by molar-refractivity contribution is 7.80. The van der Waals surface area contributed by atoms with E-state index >= 15 is 0 Å². The number of nitrogens with one attached hydrogen (secondary N) is 4. The summed E-state index contributed by atoms with van der Waals surface area (Å²) in [5.41, 5.74) is 5.50. The van der Waals surface area contributed by atoms with Crippen molar-refractivity contribution in [3.63, 3.8) is 0 Å². The van der Waals surface area contributed by atoms with Gasteiger partial charge < -0.3 is 5.32 Å². The number of amides is 3. The third-order valence-electron chi connectivity index (χ3n) is 2.65. The number of hydrogen-bond acceptors (Lipinski definition) is 3. The van der Waals surface area contributed by atoms with Crippen LogP contribution in [0.4, 0.5) is 14.9 Å². The summed E-state index contributed by atoms with van der Waals surface area (Å²) in [5.74, 6) is -0.964. The van der Waals surface area contributed by atoms with Crippen LogP contribution in [0.1, 0.15) is 10.4 Å². The van der Waals surface area contributed by atoms with Crippen LogP contribution in [0.3, 0.4) is 0 Å². The van der Waals surface area contributed by atoms with Crippen molar-refractivity contribution >= 4 is 35.0 Å². The van der Waals surface area contributed by atoms with E-state index in [1.165, 1.54) is 12.1 Å². The average Bonchev–Trinajstić information content (AvgIpc) is 2.54. The number of urea groups is 1. The molecule has 3 amide bonds. The monoisotopic (exact) mass is 332 g/mol. The van der Waals surface area contributed by atoms with E-state index in [9.17, 15) is 14.0 Å². The van der Waals surface area contributed by atoms with Gasteiger partial charge >= 0.3 is 6.03 Å². The minimum Gasteiger partial charge on any atom is -0.307 e. The summed E-state index contributed by atoms with van der Waals surface area (Å²) < 4.78 is 12.8. The van der Waals surface area contributed by atoms with Gasteiger partial charge in [0.05, 0.1) is 0 Å². The Bertz CT molecular complexity index is 707. The first-order valence-corrected chi connectivity index (χ1v) is 6.94. The maximum absolute atomic E-state index is 12.8. The number of hydrogen-bond donors (Lipinski definition) is 4. The summed E-state index contributed by atoms with van der Waals surface area (Å²) in [7, 11) is 0. The molecule has 0 aliphatic heterocycles. The Balaban J connectivity index is 1.77. The number of para-hydroxylation sites is 1. The Morgan fingerprint density at radius 1 is 0.913 bits per heavy atom. The first kappa shape index (κ1) is 16.4. The number of rotatable bonds is 2. The van der Waals surface area contributed by atoms with Crippen LogP contribution < -0.4 is 21.5 Å². The zero-order valence-electron chi connectivity index (χ0n) is 11.8. The lowest BCUT2D eigenvalue weighted by Crippen LogP contribution is -2.49. The third-order valence-corrected chi connectivity index (χ3v) is 2.86. The summed E-state index contributed by atoms with van der Waals surface area (Å²) >= 11 is 4.88. The van der Waals surface area contributed by atoms with Gasteiger partial charge in [-0.2, -0.15) is 0 Å².